The van der Waals surface area contributed by atoms with E-state index < -0.39 is 18.6 Å². The lowest BCUT2D eigenvalue weighted by molar-refractivity contribution is -0.138. The molecule has 1 aliphatic heterocycles. The minimum atomic E-state index is -4.41. The topological polar surface area (TPSA) is 49.4 Å². The number of hydrogen-bond acceptors (Lipinski definition) is 2. The molecule has 0 radical (unpaired) electrons. The summed E-state index contributed by atoms with van der Waals surface area (Å²) in [5, 5.41) is 1.82. The molecule has 2 amide bonds. The van der Waals surface area contributed by atoms with Gasteiger partial charge in [0.25, 0.3) is 0 Å². The van der Waals surface area contributed by atoms with E-state index in [0.29, 0.717) is 18.5 Å². The van der Waals surface area contributed by atoms with Gasteiger partial charge in [-0.25, -0.2) is 0 Å². The summed E-state index contributed by atoms with van der Waals surface area (Å²) < 4.78 is 35.9. The number of hydrogen-bond donors (Lipinski definition) is 1. The number of rotatable bonds is 4. The molecule has 1 aliphatic rings. The van der Waals surface area contributed by atoms with Gasteiger partial charge in [-0.2, -0.15) is 13.2 Å². The lowest BCUT2D eigenvalue weighted by Crippen LogP contribution is -2.34. The van der Waals surface area contributed by atoms with Crippen molar-refractivity contribution in [3.8, 4) is 0 Å². The van der Waals surface area contributed by atoms with Crippen LogP contribution in [0.2, 0.25) is 0 Å². The Morgan fingerprint density at radius 1 is 1.24 bits per heavy atom. The molecule has 114 valence electrons. The zero-order chi connectivity index (χ0) is 15.5. The van der Waals surface area contributed by atoms with E-state index >= 15 is 0 Å². The van der Waals surface area contributed by atoms with Crippen LogP contribution in [0.5, 0.6) is 0 Å². The Morgan fingerprint density at radius 3 is 2.43 bits per heavy atom. The third-order valence-electron chi connectivity index (χ3n) is 3.17. The lowest BCUT2D eigenvalue weighted by Gasteiger charge is -2.16. The molecule has 0 spiro atoms. The van der Waals surface area contributed by atoms with Gasteiger partial charge in [-0.1, -0.05) is 12.1 Å². The van der Waals surface area contributed by atoms with Crippen molar-refractivity contribution in [2.45, 2.75) is 25.4 Å². The molecule has 0 bridgehead atoms. The Bertz CT molecular complexity index is 526. The molecule has 1 aromatic carbocycles. The molecule has 0 aromatic heterocycles. The van der Waals surface area contributed by atoms with Crippen LogP contribution in [0.15, 0.2) is 24.3 Å². The van der Waals surface area contributed by atoms with Crippen molar-refractivity contribution in [1.82, 2.24) is 5.32 Å². The number of amides is 2. The molecule has 1 fully saturated rings. The number of anilines is 1. The number of alkyl halides is 3. The van der Waals surface area contributed by atoms with Crippen LogP contribution in [0.3, 0.4) is 0 Å². The molecule has 0 unspecified atom stereocenters. The zero-order valence-electron chi connectivity index (χ0n) is 11.2. The van der Waals surface area contributed by atoms with Crippen LogP contribution in [0.1, 0.15) is 18.4 Å². The number of carbonyl (C=O) groups is 2. The van der Waals surface area contributed by atoms with Gasteiger partial charge in [0.15, 0.2) is 0 Å². The fourth-order valence-corrected chi connectivity index (χ4v) is 2.16. The second-order valence-electron chi connectivity index (χ2n) is 4.88. The van der Waals surface area contributed by atoms with Crippen molar-refractivity contribution in [3.05, 3.63) is 29.8 Å². The van der Waals surface area contributed by atoms with Crippen molar-refractivity contribution in [1.29, 1.82) is 0 Å². The first-order valence-electron chi connectivity index (χ1n) is 6.58. The Kier molecular flexibility index (Phi) is 4.50. The smallest absolute Gasteiger partial charge is 0.347 e. The molecule has 1 N–H and O–H groups in total. The molecule has 4 nitrogen and oxygen atoms in total. The number of benzene rings is 1. The molecule has 1 saturated heterocycles. The summed E-state index contributed by atoms with van der Waals surface area (Å²) in [6.45, 7) is -0.656. The van der Waals surface area contributed by atoms with Gasteiger partial charge >= 0.3 is 6.18 Å². The average Bonchev–Trinajstić information content (AvgIpc) is 2.83. The van der Waals surface area contributed by atoms with E-state index in [1.807, 2.05) is 5.32 Å². The summed E-state index contributed by atoms with van der Waals surface area (Å²) in [7, 11) is 0. The Morgan fingerprint density at radius 2 is 1.90 bits per heavy atom. The number of nitrogens with one attached hydrogen (secondary N) is 1. The van der Waals surface area contributed by atoms with E-state index in [4.69, 9.17) is 0 Å². The lowest BCUT2D eigenvalue weighted by atomic mass is 10.1. The molecule has 0 aliphatic carbocycles. The van der Waals surface area contributed by atoms with Crippen LogP contribution >= 0.6 is 0 Å². The van der Waals surface area contributed by atoms with Gasteiger partial charge in [0, 0.05) is 18.7 Å². The SMILES string of the molecule is O=C(Cc1ccc(N2CCCC2=O)cc1)NCC(F)(F)F. The molecule has 1 heterocycles. The zero-order valence-corrected chi connectivity index (χ0v) is 11.2. The fourth-order valence-electron chi connectivity index (χ4n) is 2.16. The molecule has 2 rings (SSSR count). The summed E-state index contributed by atoms with van der Waals surface area (Å²) in [6, 6.07) is 6.70. The van der Waals surface area contributed by atoms with Crippen LogP contribution in [0.25, 0.3) is 0 Å². The van der Waals surface area contributed by atoms with Crippen molar-refractivity contribution in [2.24, 2.45) is 0 Å². The maximum Gasteiger partial charge on any atom is 0.405 e. The summed E-state index contributed by atoms with van der Waals surface area (Å²) in [5.41, 5.74) is 1.35. The van der Waals surface area contributed by atoms with Gasteiger partial charge in [0.1, 0.15) is 6.54 Å². The second kappa shape index (κ2) is 6.15. The van der Waals surface area contributed by atoms with E-state index in [9.17, 15) is 22.8 Å². The molecule has 7 heteroatoms. The van der Waals surface area contributed by atoms with Gasteiger partial charge in [0.05, 0.1) is 6.42 Å². The van der Waals surface area contributed by atoms with Crippen LogP contribution in [-0.4, -0.2) is 31.1 Å². The van der Waals surface area contributed by atoms with Gasteiger partial charge < -0.3 is 10.2 Å². The van der Waals surface area contributed by atoms with Crippen LogP contribution in [0.4, 0.5) is 18.9 Å². The van der Waals surface area contributed by atoms with E-state index in [0.717, 1.165) is 12.1 Å². The molecule has 0 atom stereocenters. The number of carbonyl (C=O) groups excluding carboxylic acids is 2. The highest BCUT2D eigenvalue weighted by molar-refractivity contribution is 5.95. The first kappa shape index (κ1) is 15.3. The van der Waals surface area contributed by atoms with E-state index in [1.165, 1.54) is 0 Å². The van der Waals surface area contributed by atoms with E-state index in [-0.39, 0.29) is 12.3 Å². The second-order valence-corrected chi connectivity index (χ2v) is 4.88. The van der Waals surface area contributed by atoms with E-state index in [2.05, 4.69) is 0 Å². The predicted molar refractivity (Wildman–Crippen MR) is 70.8 cm³/mol. The fraction of sp³-hybridized carbons (Fsp3) is 0.429. The first-order valence-corrected chi connectivity index (χ1v) is 6.58. The molecular formula is C14H15F3N2O2. The Hall–Kier alpha value is -2.05. The van der Waals surface area contributed by atoms with Crippen molar-refractivity contribution < 1.29 is 22.8 Å². The highest BCUT2D eigenvalue weighted by atomic mass is 19.4. The predicted octanol–water partition coefficient (Wildman–Crippen LogP) is 2.03. The maximum absolute atomic E-state index is 12.0. The van der Waals surface area contributed by atoms with Crippen LogP contribution in [0, 0.1) is 0 Å². The van der Waals surface area contributed by atoms with Gasteiger partial charge in [-0.3, -0.25) is 9.59 Å². The van der Waals surface area contributed by atoms with E-state index in [1.54, 1.807) is 29.2 Å². The number of halogens is 3. The van der Waals surface area contributed by atoms with Crippen molar-refractivity contribution in [2.75, 3.05) is 18.0 Å². The normalized spacial score (nSPS) is 15.4. The third-order valence-corrected chi connectivity index (χ3v) is 3.17. The molecule has 21 heavy (non-hydrogen) atoms. The molecule has 1 aromatic rings. The standard InChI is InChI=1S/C14H15F3N2O2/c15-14(16,17)9-18-12(20)8-10-3-5-11(6-4-10)19-7-1-2-13(19)21/h3-6H,1-2,7-9H2,(H,18,20). The summed E-state index contributed by atoms with van der Waals surface area (Å²) in [5.74, 6) is -0.622. The number of nitrogens with zero attached hydrogens (tertiary/aromatic N) is 1. The minimum Gasteiger partial charge on any atom is -0.347 e. The minimum absolute atomic E-state index is 0.0608. The van der Waals surface area contributed by atoms with Gasteiger partial charge in [0.2, 0.25) is 11.8 Å². The average molecular weight is 300 g/mol. The summed E-state index contributed by atoms with van der Waals surface area (Å²) >= 11 is 0. The van der Waals surface area contributed by atoms with Gasteiger partial charge in [-0.05, 0) is 24.1 Å². The maximum atomic E-state index is 12.0. The summed E-state index contributed by atoms with van der Waals surface area (Å²) in [6.07, 6.45) is -3.18. The third kappa shape index (κ3) is 4.47. The highest BCUT2D eigenvalue weighted by Crippen LogP contribution is 2.21. The monoisotopic (exact) mass is 300 g/mol. The highest BCUT2D eigenvalue weighted by Gasteiger charge is 2.27. The summed E-state index contributed by atoms with van der Waals surface area (Å²) in [4.78, 5) is 24.6. The molecular weight excluding hydrogens is 285 g/mol. The first-order chi connectivity index (χ1) is 9.85. The molecule has 0 saturated carbocycles. The van der Waals surface area contributed by atoms with Crippen molar-refractivity contribution in [3.63, 3.8) is 0 Å². The largest absolute Gasteiger partial charge is 0.405 e. The van der Waals surface area contributed by atoms with Crippen LogP contribution in [-0.2, 0) is 16.0 Å². The van der Waals surface area contributed by atoms with Crippen molar-refractivity contribution >= 4 is 17.5 Å². The van der Waals surface area contributed by atoms with Crippen LogP contribution < -0.4 is 10.2 Å². The Labute approximate surface area is 119 Å². The van der Waals surface area contributed by atoms with Gasteiger partial charge in [-0.15, -0.1) is 0 Å². The quantitative estimate of drug-likeness (QED) is 0.925. The Balaban J connectivity index is 1.90.